The van der Waals surface area contributed by atoms with Crippen molar-refractivity contribution in [2.24, 2.45) is 17.3 Å². The van der Waals surface area contributed by atoms with Crippen molar-refractivity contribution >= 4 is 35.8 Å². The predicted octanol–water partition coefficient (Wildman–Crippen LogP) is 1.48. The van der Waals surface area contributed by atoms with Gasteiger partial charge >= 0.3 is 35.8 Å². The topological polar surface area (TPSA) is 178 Å². The van der Waals surface area contributed by atoms with Crippen LogP contribution in [0.25, 0.3) is 0 Å². The van der Waals surface area contributed by atoms with E-state index in [2.05, 4.69) is 6.58 Å². The monoisotopic (exact) mass is 594 g/mol. The lowest BCUT2D eigenvalue weighted by Crippen LogP contribution is -2.66. The summed E-state index contributed by atoms with van der Waals surface area (Å²) in [5.74, 6) is -7.30. The van der Waals surface area contributed by atoms with Gasteiger partial charge < -0.3 is 33.5 Å². The summed E-state index contributed by atoms with van der Waals surface area (Å²) in [6.45, 7) is 11.7. The first kappa shape index (κ1) is 32.8. The van der Waals surface area contributed by atoms with E-state index >= 15 is 0 Å². The largest absolute Gasteiger partial charge is 0.466 e. The van der Waals surface area contributed by atoms with Crippen molar-refractivity contribution in [1.29, 1.82) is 0 Å². The summed E-state index contributed by atoms with van der Waals surface area (Å²) in [6.07, 6.45) is -5.68. The van der Waals surface area contributed by atoms with Crippen LogP contribution < -0.4 is 0 Å². The number of methoxy groups -OCH3 is 1. The number of hydrogen-bond donors (Lipinski definition) is 1. The molecule has 1 N–H and O–H groups in total. The third kappa shape index (κ3) is 5.92. The molecule has 9 atom stereocenters. The van der Waals surface area contributed by atoms with E-state index in [1.54, 1.807) is 6.92 Å². The van der Waals surface area contributed by atoms with Gasteiger partial charge in [0.05, 0.1) is 24.0 Å². The van der Waals surface area contributed by atoms with Gasteiger partial charge in [-0.2, -0.15) is 0 Å². The molecule has 1 saturated carbocycles. The normalized spacial score (nSPS) is 37.4. The molecular formula is C29H38O13. The van der Waals surface area contributed by atoms with Crippen molar-refractivity contribution in [3.8, 4) is 0 Å². The zero-order valence-electron chi connectivity index (χ0n) is 24.8. The molecule has 42 heavy (non-hydrogen) atoms. The summed E-state index contributed by atoms with van der Waals surface area (Å²) in [7, 11) is 1.08. The molecule has 232 valence electrons. The smallest absolute Gasteiger partial charge is 0.337 e. The first-order valence-electron chi connectivity index (χ1n) is 13.6. The summed E-state index contributed by atoms with van der Waals surface area (Å²) in [6, 6.07) is 0. The second kappa shape index (κ2) is 12.2. The molecule has 2 aliphatic carbocycles. The molecule has 0 aromatic carbocycles. The van der Waals surface area contributed by atoms with Crippen LogP contribution in [0.3, 0.4) is 0 Å². The van der Waals surface area contributed by atoms with Crippen LogP contribution in [-0.2, 0) is 57.2 Å². The van der Waals surface area contributed by atoms with E-state index in [4.69, 9.17) is 28.4 Å². The minimum atomic E-state index is -2.33. The number of fused-ring (bicyclic) bond motifs is 2. The summed E-state index contributed by atoms with van der Waals surface area (Å²) in [5.41, 5.74) is -3.72. The van der Waals surface area contributed by atoms with E-state index in [1.807, 2.05) is 0 Å². The van der Waals surface area contributed by atoms with E-state index in [9.17, 15) is 33.9 Å². The molecule has 1 saturated heterocycles. The van der Waals surface area contributed by atoms with E-state index in [0.717, 1.165) is 34.0 Å². The third-order valence-electron chi connectivity index (χ3n) is 8.47. The van der Waals surface area contributed by atoms with E-state index < -0.39 is 89.2 Å². The average molecular weight is 595 g/mol. The van der Waals surface area contributed by atoms with Crippen LogP contribution >= 0.6 is 0 Å². The highest BCUT2D eigenvalue weighted by Gasteiger charge is 2.68. The van der Waals surface area contributed by atoms with Crippen LogP contribution in [0.2, 0.25) is 0 Å². The van der Waals surface area contributed by atoms with Gasteiger partial charge in [-0.25, -0.2) is 4.79 Å². The lowest BCUT2D eigenvalue weighted by molar-refractivity contribution is -0.222. The standard InChI is InChI=1S/C29H38O13/c1-13-9-10-21(39-16(4)31)28(7)22(40-17(5)32)12-20(38-15(3)30)19(27(35)37-8)11-23-29(36,14(2)26(34)42-23)25(24(13)28)41-18(6)33/h11,14,20-25,36H,1,9-10,12H2,2-8H3/b19-11+/t14-,20?,21-,22-,23-,24+,25?,28+,29+/m0/s1. The van der Waals surface area contributed by atoms with Gasteiger partial charge in [0.2, 0.25) is 0 Å². The van der Waals surface area contributed by atoms with Gasteiger partial charge in [0.15, 0.2) is 11.7 Å². The highest BCUT2D eigenvalue weighted by atomic mass is 16.6. The highest BCUT2D eigenvalue weighted by Crippen LogP contribution is 2.56. The Balaban J connectivity index is 2.49. The number of esters is 6. The van der Waals surface area contributed by atoms with Crippen LogP contribution in [0.4, 0.5) is 0 Å². The minimum Gasteiger partial charge on any atom is -0.466 e. The molecule has 0 amide bonds. The van der Waals surface area contributed by atoms with Crippen LogP contribution in [0, 0.1) is 17.3 Å². The van der Waals surface area contributed by atoms with Crippen molar-refractivity contribution in [1.82, 2.24) is 0 Å². The van der Waals surface area contributed by atoms with Crippen molar-refractivity contribution in [2.75, 3.05) is 7.11 Å². The van der Waals surface area contributed by atoms with Gasteiger partial charge in [-0.3, -0.25) is 24.0 Å². The van der Waals surface area contributed by atoms with Crippen molar-refractivity contribution in [2.45, 2.75) is 96.9 Å². The van der Waals surface area contributed by atoms with Gasteiger partial charge in [0.1, 0.15) is 24.4 Å². The maximum absolute atomic E-state index is 13.1. The first-order valence-corrected chi connectivity index (χ1v) is 13.6. The van der Waals surface area contributed by atoms with Crippen LogP contribution in [0.5, 0.6) is 0 Å². The predicted molar refractivity (Wildman–Crippen MR) is 141 cm³/mol. The van der Waals surface area contributed by atoms with Crippen LogP contribution in [0.1, 0.15) is 60.8 Å². The van der Waals surface area contributed by atoms with Crippen molar-refractivity contribution in [3.05, 3.63) is 23.8 Å². The number of rotatable bonds is 5. The zero-order valence-corrected chi connectivity index (χ0v) is 24.8. The molecule has 3 rings (SSSR count). The van der Waals surface area contributed by atoms with Gasteiger partial charge in [-0.15, -0.1) is 0 Å². The van der Waals surface area contributed by atoms with Crippen LogP contribution in [0.15, 0.2) is 23.8 Å². The summed E-state index contributed by atoms with van der Waals surface area (Å²) >= 11 is 0. The molecule has 1 heterocycles. The van der Waals surface area contributed by atoms with Gasteiger partial charge in [-0.1, -0.05) is 19.1 Å². The molecule has 3 aliphatic rings. The Morgan fingerprint density at radius 3 is 2.02 bits per heavy atom. The Hall–Kier alpha value is -3.74. The van der Waals surface area contributed by atoms with E-state index in [-0.39, 0.29) is 24.8 Å². The fourth-order valence-electron chi connectivity index (χ4n) is 6.55. The van der Waals surface area contributed by atoms with Gasteiger partial charge in [0.25, 0.3) is 0 Å². The second-order valence-electron chi connectivity index (χ2n) is 11.2. The Morgan fingerprint density at radius 1 is 0.952 bits per heavy atom. The molecule has 13 nitrogen and oxygen atoms in total. The quantitative estimate of drug-likeness (QED) is 0.275. The van der Waals surface area contributed by atoms with Gasteiger partial charge in [0, 0.05) is 40.0 Å². The Morgan fingerprint density at radius 2 is 1.50 bits per heavy atom. The minimum absolute atomic E-state index is 0.209. The Kier molecular flexibility index (Phi) is 9.55. The summed E-state index contributed by atoms with van der Waals surface area (Å²) < 4.78 is 33.3. The molecule has 1 aliphatic heterocycles. The number of hydrogen-bond acceptors (Lipinski definition) is 13. The maximum Gasteiger partial charge on any atom is 0.337 e. The number of carbonyl (C=O) groups is 6. The fraction of sp³-hybridized carbons (Fsp3) is 0.655. The van der Waals surface area contributed by atoms with Crippen molar-refractivity contribution in [3.63, 3.8) is 0 Å². The molecule has 0 radical (unpaired) electrons. The third-order valence-corrected chi connectivity index (χ3v) is 8.47. The summed E-state index contributed by atoms with van der Waals surface area (Å²) in [4.78, 5) is 75.8. The molecule has 13 heteroatoms. The average Bonchev–Trinajstić information content (AvgIpc) is 3.09. The molecule has 0 aromatic heterocycles. The lowest BCUT2D eigenvalue weighted by Gasteiger charge is -2.55. The Labute approximate surface area is 243 Å². The van der Waals surface area contributed by atoms with E-state index in [0.29, 0.717) is 5.57 Å². The molecule has 0 spiro atoms. The SMILES string of the molecule is C=C1CC[C@H](OC(C)=O)[C@]2(C)[C@@H](OC(C)=O)CC(OC(C)=O)/C(C(=O)OC)=C\[C@@H]3OC(=O)[C@H](C)[C@]3(O)C(OC(C)=O)[C@@H]12. The summed E-state index contributed by atoms with van der Waals surface area (Å²) in [5, 5.41) is 12.4. The number of aliphatic hydroxyl groups is 1. The first-order chi connectivity index (χ1) is 19.5. The maximum atomic E-state index is 13.1. The van der Waals surface area contributed by atoms with E-state index in [1.165, 1.54) is 13.8 Å². The zero-order chi connectivity index (χ0) is 31.7. The molecule has 2 unspecified atom stereocenters. The molecule has 0 aromatic rings. The lowest BCUT2D eigenvalue weighted by atomic mass is 9.54. The number of ether oxygens (including phenoxy) is 6. The van der Waals surface area contributed by atoms with Crippen molar-refractivity contribution < 1.29 is 62.3 Å². The Bertz CT molecular complexity index is 1200. The van der Waals surface area contributed by atoms with Crippen LogP contribution in [-0.4, -0.2) is 84.2 Å². The second-order valence-corrected chi connectivity index (χ2v) is 11.2. The highest BCUT2D eigenvalue weighted by molar-refractivity contribution is 5.90. The molecular weight excluding hydrogens is 556 g/mol. The molecule has 0 bridgehead atoms. The molecule has 2 fully saturated rings. The fourth-order valence-corrected chi connectivity index (χ4v) is 6.55. The van der Waals surface area contributed by atoms with Gasteiger partial charge in [-0.05, 0) is 25.8 Å². The number of carbonyl (C=O) groups excluding carboxylic acids is 6.